The lowest BCUT2D eigenvalue weighted by Gasteiger charge is -2.27. The molecule has 0 aromatic heterocycles. The molecule has 0 spiro atoms. The van der Waals surface area contributed by atoms with Crippen LogP contribution in [0.3, 0.4) is 0 Å². The highest BCUT2D eigenvalue weighted by molar-refractivity contribution is 7.94. The van der Waals surface area contributed by atoms with Crippen LogP contribution < -0.4 is 4.90 Å². The van der Waals surface area contributed by atoms with Gasteiger partial charge in [0.2, 0.25) is 0 Å². The smallest absolute Gasteiger partial charge is 0.331 e. The van der Waals surface area contributed by atoms with E-state index in [1.165, 1.54) is 17.1 Å². The van der Waals surface area contributed by atoms with Crippen LogP contribution in [0.15, 0.2) is 72.2 Å². The molecule has 0 saturated heterocycles. The second kappa shape index (κ2) is 8.87. The van der Waals surface area contributed by atoms with Crippen molar-refractivity contribution in [2.45, 2.75) is 13.0 Å². The Hall–Kier alpha value is -3.19. The summed E-state index contributed by atoms with van der Waals surface area (Å²) >= 11 is 0. The average molecular weight is 411 g/mol. The van der Waals surface area contributed by atoms with E-state index in [4.69, 9.17) is 4.74 Å². The summed E-state index contributed by atoms with van der Waals surface area (Å²) in [5, 5.41) is 1.11. The fourth-order valence-corrected chi connectivity index (χ4v) is 4.19. The Kier molecular flexibility index (Phi) is 6.29. The predicted octanol–water partition coefficient (Wildman–Crippen LogP) is 2.90. The van der Waals surface area contributed by atoms with Crippen LogP contribution in [0.2, 0.25) is 0 Å². The number of para-hydroxylation sites is 1. The van der Waals surface area contributed by atoms with Crippen molar-refractivity contribution < 1.29 is 22.7 Å². The molecule has 1 heterocycles. The molecule has 1 unspecified atom stereocenters. The molecule has 0 fully saturated rings. The lowest BCUT2D eigenvalue weighted by Crippen LogP contribution is -2.43. The van der Waals surface area contributed by atoms with Crippen molar-refractivity contribution >= 4 is 33.5 Å². The second-order valence-corrected chi connectivity index (χ2v) is 8.61. The number of esters is 1. The molecule has 0 radical (unpaired) electrons. The van der Waals surface area contributed by atoms with E-state index in [0.29, 0.717) is 5.69 Å². The van der Waals surface area contributed by atoms with Crippen LogP contribution in [0.25, 0.3) is 6.08 Å². The zero-order valence-electron chi connectivity index (χ0n) is 15.9. The Morgan fingerprint density at radius 2 is 1.79 bits per heavy atom. The number of amides is 1. The number of hydrogen-bond donors (Lipinski definition) is 0. The molecule has 7 heteroatoms. The molecule has 0 saturated carbocycles. The summed E-state index contributed by atoms with van der Waals surface area (Å²) in [6.07, 6.45) is 4.33. The van der Waals surface area contributed by atoms with Gasteiger partial charge >= 0.3 is 5.97 Å². The summed E-state index contributed by atoms with van der Waals surface area (Å²) < 4.78 is 28.6. The number of ether oxygens (including phenoxy) is 1. The minimum Gasteiger partial charge on any atom is -0.452 e. The van der Waals surface area contributed by atoms with E-state index < -0.39 is 34.4 Å². The number of hydrogen-bond acceptors (Lipinski definition) is 5. The molecule has 1 aliphatic rings. The lowest BCUT2D eigenvalue weighted by molar-refractivity contribution is -0.143. The molecule has 2 aromatic rings. The van der Waals surface area contributed by atoms with Crippen LogP contribution >= 0.6 is 0 Å². The number of carbonyl (C=O) groups is 2. The number of aryl methyl sites for hydroxylation is 1. The fourth-order valence-electron chi connectivity index (χ4n) is 2.92. The van der Waals surface area contributed by atoms with Gasteiger partial charge in [-0.2, -0.15) is 0 Å². The van der Waals surface area contributed by atoms with E-state index in [-0.39, 0.29) is 5.75 Å². The maximum absolute atomic E-state index is 12.8. The van der Waals surface area contributed by atoms with Crippen molar-refractivity contribution in [2.24, 2.45) is 0 Å². The summed E-state index contributed by atoms with van der Waals surface area (Å²) in [6, 6.07) is 15.7. The minimum atomic E-state index is -3.35. The highest BCUT2D eigenvalue weighted by atomic mass is 32.2. The summed E-state index contributed by atoms with van der Waals surface area (Å²) in [4.78, 5) is 26.1. The molecule has 1 aliphatic heterocycles. The van der Waals surface area contributed by atoms with Crippen LogP contribution in [-0.2, 0) is 24.2 Å². The van der Waals surface area contributed by atoms with Gasteiger partial charge in [-0.05, 0) is 36.8 Å². The van der Waals surface area contributed by atoms with Gasteiger partial charge in [0, 0.05) is 17.2 Å². The van der Waals surface area contributed by atoms with Gasteiger partial charge in [-0.3, -0.25) is 4.79 Å². The van der Waals surface area contributed by atoms with E-state index in [1.54, 1.807) is 36.4 Å². The van der Waals surface area contributed by atoms with Crippen LogP contribution in [0.4, 0.5) is 5.69 Å². The van der Waals surface area contributed by atoms with Crippen molar-refractivity contribution in [3.8, 4) is 0 Å². The Bertz CT molecular complexity index is 1040. The Morgan fingerprint density at radius 3 is 2.41 bits per heavy atom. The van der Waals surface area contributed by atoms with E-state index in [0.717, 1.165) is 16.5 Å². The van der Waals surface area contributed by atoms with Gasteiger partial charge in [0.05, 0.1) is 11.8 Å². The first-order chi connectivity index (χ1) is 13.8. The van der Waals surface area contributed by atoms with Gasteiger partial charge in [-0.1, -0.05) is 48.0 Å². The maximum Gasteiger partial charge on any atom is 0.331 e. The first-order valence-electron chi connectivity index (χ1n) is 9.04. The molecule has 2 aromatic carbocycles. The summed E-state index contributed by atoms with van der Waals surface area (Å²) in [6.45, 7) is 1.48. The molecule has 3 rings (SSSR count). The van der Waals surface area contributed by atoms with E-state index in [1.807, 2.05) is 31.2 Å². The van der Waals surface area contributed by atoms with Gasteiger partial charge in [0.1, 0.15) is 0 Å². The zero-order chi connectivity index (χ0) is 20.9. The number of sulfone groups is 1. The normalized spacial score (nSPS) is 17.3. The van der Waals surface area contributed by atoms with Crippen LogP contribution in [0.5, 0.6) is 0 Å². The SMILES string of the molecule is Cc1ccc(/C=C/C(=O)OCC(=O)N(c2ccccc2)C2C=CS(=O)(=O)C2)cc1. The number of nitrogens with zero attached hydrogens (tertiary/aromatic N) is 1. The average Bonchev–Trinajstić information content (AvgIpc) is 3.06. The summed E-state index contributed by atoms with van der Waals surface area (Å²) in [5.74, 6) is -1.35. The highest BCUT2D eigenvalue weighted by Gasteiger charge is 2.31. The third kappa shape index (κ3) is 5.65. The van der Waals surface area contributed by atoms with Crippen molar-refractivity contribution in [2.75, 3.05) is 17.3 Å². The van der Waals surface area contributed by atoms with Crippen LogP contribution in [-0.4, -0.2) is 38.7 Å². The quantitative estimate of drug-likeness (QED) is 0.539. The maximum atomic E-state index is 12.8. The fraction of sp³-hybridized carbons (Fsp3) is 0.182. The van der Waals surface area contributed by atoms with E-state index in [9.17, 15) is 18.0 Å². The van der Waals surface area contributed by atoms with Gasteiger partial charge < -0.3 is 9.64 Å². The zero-order valence-corrected chi connectivity index (χ0v) is 16.7. The van der Waals surface area contributed by atoms with Crippen molar-refractivity contribution in [1.29, 1.82) is 0 Å². The molecule has 0 bridgehead atoms. The Balaban J connectivity index is 1.66. The molecule has 6 nitrogen and oxygen atoms in total. The first-order valence-corrected chi connectivity index (χ1v) is 10.8. The van der Waals surface area contributed by atoms with Gasteiger partial charge in [-0.25, -0.2) is 13.2 Å². The molecule has 150 valence electrons. The van der Waals surface area contributed by atoms with Gasteiger partial charge in [0.25, 0.3) is 5.91 Å². The largest absolute Gasteiger partial charge is 0.452 e. The topological polar surface area (TPSA) is 80.8 Å². The molecule has 0 N–H and O–H groups in total. The van der Waals surface area contributed by atoms with Gasteiger partial charge in [0.15, 0.2) is 16.4 Å². The highest BCUT2D eigenvalue weighted by Crippen LogP contribution is 2.22. The lowest BCUT2D eigenvalue weighted by atomic mass is 10.1. The van der Waals surface area contributed by atoms with E-state index >= 15 is 0 Å². The van der Waals surface area contributed by atoms with Crippen molar-refractivity contribution in [3.63, 3.8) is 0 Å². The third-order valence-electron chi connectivity index (χ3n) is 4.37. The first kappa shape index (κ1) is 20.5. The number of rotatable bonds is 6. The van der Waals surface area contributed by atoms with Crippen LogP contribution in [0, 0.1) is 6.92 Å². The molecule has 29 heavy (non-hydrogen) atoms. The van der Waals surface area contributed by atoms with Crippen LogP contribution in [0.1, 0.15) is 11.1 Å². The summed E-state index contributed by atoms with van der Waals surface area (Å²) in [5.41, 5.74) is 2.49. The molecule has 1 amide bonds. The Labute approximate surface area is 170 Å². The molecular formula is C22H21NO5S. The number of carbonyl (C=O) groups excluding carboxylic acids is 2. The number of benzene rings is 2. The minimum absolute atomic E-state index is 0.199. The monoisotopic (exact) mass is 411 g/mol. The molecule has 1 atom stereocenters. The predicted molar refractivity (Wildman–Crippen MR) is 112 cm³/mol. The van der Waals surface area contributed by atoms with E-state index in [2.05, 4.69) is 0 Å². The molecular weight excluding hydrogens is 390 g/mol. The summed E-state index contributed by atoms with van der Waals surface area (Å²) in [7, 11) is -3.35. The molecule has 0 aliphatic carbocycles. The van der Waals surface area contributed by atoms with Gasteiger partial charge in [-0.15, -0.1) is 0 Å². The standard InChI is InChI=1S/C22H21NO5S/c1-17-7-9-18(10-8-17)11-12-22(25)28-15-21(24)23(19-5-3-2-4-6-19)20-13-14-29(26,27)16-20/h2-14,20H,15-16H2,1H3/b12-11+. The van der Waals surface area contributed by atoms with Crippen molar-refractivity contribution in [1.82, 2.24) is 0 Å². The second-order valence-electron chi connectivity index (χ2n) is 6.68. The number of anilines is 1. The Morgan fingerprint density at radius 1 is 1.10 bits per heavy atom. The third-order valence-corrected chi connectivity index (χ3v) is 5.75. The van der Waals surface area contributed by atoms with Crippen molar-refractivity contribution in [3.05, 3.63) is 83.3 Å².